The van der Waals surface area contributed by atoms with E-state index in [9.17, 15) is 50.0 Å². The lowest BCUT2D eigenvalue weighted by Gasteiger charge is -2.54. The number of nitrogens with zero attached hydrogens (tertiary/aromatic N) is 2. The fourth-order valence-electron chi connectivity index (χ4n) is 7.06. The van der Waals surface area contributed by atoms with Crippen molar-refractivity contribution in [3.8, 4) is 5.75 Å². The number of aliphatic hydroxyl groups excluding tert-OH is 3. The molecule has 5 rings (SSSR count). The minimum atomic E-state index is -3.05. The van der Waals surface area contributed by atoms with E-state index in [-0.39, 0.29) is 22.1 Å². The van der Waals surface area contributed by atoms with Gasteiger partial charge in [0.25, 0.3) is 5.91 Å². The molecule has 0 heterocycles. The van der Waals surface area contributed by atoms with Crippen LogP contribution in [0, 0.1) is 22.0 Å². The second-order valence-electron chi connectivity index (χ2n) is 11.3. The number of aromatic hydroxyl groups is 1. The van der Waals surface area contributed by atoms with Crippen LogP contribution in [-0.4, -0.2) is 95.7 Å². The minimum Gasteiger partial charge on any atom is -0.508 e. The highest BCUT2D eigenvalue weighted by atomic mass is 32.2. The monoisotopic (exact) mass is 589 g/mol. The maximum atomic E-state index is 14.2. The number of fused-ring (bicyclic) bond motifs is 3. The van der Waals surface area contributed by atoms with Gasteiger partial charge in [0.2, 0.25) is 11.5 Å². The average molecular weight is 590 g/mol. The molecule has 2 saturated carbocycles. The molecule has 0 aromatic heterocycles. The van der Waals surface area contributed by atoms with Crippen LogP contribution in [0.25, 0.3) is 5.76 Å². The highest BCUT2D eigenvalue weighted by Crippen LogP contribution is 2.57. The second kappa shape index (κ2) is 10.1. The molecule has 4 aliphatic carbocycles. The van der Waals surface area contributed by atoms with E-state index in [0.29, 0.717) is 0 Å². The van der Waals surface area contributed by atoms with Crippen molar-refractivity contribution in [1.82, 2.24) is 4.90 Å². The number of phenols is 1. The third-order valence-electron chi connectivity index (χ3n) is 8.92. The molecule has 4 aliphatic rings. The molecular weight excluding hydrogens is 558 g/mol. The normalized spacial score (nSPS) is 31.8. The standard InChI is InChI=1S/C27H31N3O10S/c1-29(2)19-18-22(33)14-12(9-41-10-5-3-4-6-10)11-7-8-13(30(39)40)20(31)15(11)21(32)16(14)24(35)27(18,38)25(36)17(23(19)34)26(28)37/h7-8,10,12,14,18-19,22,31-33,36,38H,3-6,9H2,1-2H3,(H2,28,37)/t12-,14+,18+,19-,22-,27-/m0/s1. The lowest BCUT2D eigenvalue weighted by Crippen LogP contribution is -2.70. The van der Waals surface area contributed by atoms with Gasteiger partial charge in [-0.15, -0.1) is 0 Å². The number of amides is 1. The van der Waals surface area contributed by atoms with Crippen molar-refractivity contribution < 1.29 is 44.8 Å². The summed E-state index contributed by atoms with van der Waals surface area (Å²) in [7, 11) is 2.87. The lowest BCUT2D eigenvalue weighted by atomic mass is 9.54. The molecule has 1 aromatic rings. The van der Waals surface area contributed by atoms with Gasteiger partial charge in [-0.2, -0.15) is 11.8 Å². The van der Waals surface area contributed by atoms with Crippen molar-refractivity contribution in [1.29, 1.82) is 0 Å². The number of aliphatic hydroxyl groups is 4. The Labute approximate surface area is 238 Å². The van der Waals surface area contributed by atoms with Gasteiger partial charge in [-0.3, -0.25) is 29.4 Å². The molecule has 41 heavy (non-hydrogen) atoms. The first kappa shape index (κ1) is 29.0. The largest absolute Gasteiger partial charge is 0.508 e. The van der Waals surface area contributed by atoms with E-state index in [2.05, 4.69) is 0 Å². The number of nitrogens with two attached hydrogens (primary N) is 1. The summed E-state index contributed by atoms with van der Waals surface area (Å²) in [5.74, 6) is -10.3. The van der Waals surface area contributed by atoms with Gasteiger partial charge in [0.1, 0.15) is 17.1 Å². The van der Waals surface area contributed by atoms with Gasteiger partial charge in [0, 0.05) is 34.5 Å². The van der Waals surface area contributed by atoms with Gasteiger partial charge in [-0.1, -0.05) is 18.9 Å². The third-order valence-corrected chi connectivity index (χ3v) is 10.4. The summed E-state index contributed by atoms with van der Waals surface area (Å²) in [5.41, 5.74) is -0.161. The van der Waals surface area contributed by atoms with Gasteiger partial charge in [-0.05, 0) is 32.5 Å². The predicted octanol–water partition coefficient (Wildman–Crippen LogP) is 1.06. The van der Waals surface area contributed by atoms with Gasteiger partial charge in [0.05, 0.1) is 28.6 Å². The molecule has 220 valence electrons. The van der Waals surface area contributed by atoms with Gasteiger partial charge >= 0.3 is 5.69 Å². The maximum Gasteiger partial charge on any atom is 0.311 e. The molecule has 0 aliphatic heterocycles. The number of phenolic OH excluding ortho intramolecular Hbond substituents is 1. The van der Waals surface area contributed by atoms with Crippen LogP contribution in [0.1, 0.15) is 42.7 Å². The number of nitro groups is 1. The molecule has 7 N–H and O–H groups in total. The van der Waals surface area contributed by atoms with Crippen LogP contribution in [0.3, 0.4) is 0 Å². The first-order valence-electron chi connectivity index (χ1n) is 13.2. The predicted molar refractivity (Wildman–Crippen MR) is 146 cm³/mol. The van der Waals surface area contributed by atoms with Gasteiger partial charge < -0.3 is 31.3 Å². The highest BCUT2D eigenvalue weighted by Gasteiger charge is 2.68. The molecule has 2 fully saturated rings. The molecular formula is C27H31N3O10S. The van der Waals surface area contributed by atoms with Crippen LogP contribution >= 0.6 is 11.8 Å². The molecule has 1 aromatic carbocycles. The van der Waals surface area contributed by atoms with Crippen molar-refractivity contribution in [3.63, 3.8) is 0 Å². The fraction of sp³-hybridized carbons (Fsp3) is 0.519. The number of thioether (sulfide) groups is 1. The summed E-state index contributed by atoms with van der Waals surface area (Å²) >= 11 is 1.57. The molecule has 0 spiro atoms. The van der Waals surface area contributed by atoms with Crippen LogP contribution < -0.4 is 5.73 Å². The number of rotatable bonds is 6. The number of carbonyl (C=O) groups is 3. The van der Waals surface area contributed by atoms with E-state index in [0.717, 1.165) is 31.7 Å². The lowest BCUT2D eigenvalue weighted by molar-refractivity contribution is -0.385. The van der Waals surface area contributed by atoms with E-state index in [1.54, 1.807) is 11.8 Å². The van der Waals surface area contributed by atoms with Crippen molar-refractivity contribution in [3.05, 3.63) is 50.3 Å². The maximum absolute atomic E-state index is 14.2. The zero-order valence-electron chi connectivity index (χ0n) is 22.3. The first-order valence-corrected chi connectivity index (χ1v) is 14.2. The summed E-state index contributed by atoms with van der Waals surface area (Å²) in [4.78, 5) is 51.8. The van der Waals surface area contributed by atoms with Crippen LogP contribution in [0.15, 0.2) is 29.0 Å². The number of nitro benzene ring substituents is 1. The number of carbonyl (C=O) groups excluding carboxylic acids is 3. The Morgan fingerprint density at radius 3 is 2.39 bits per heavy atom. The van der Waals surface area contributed by atoms with Crippen molar-refractivity contribution in [2.24, 2.45) is 17.6 Å². The molecule has 1 amide bonds. The Morgan fingerprint density at radius 1 is 1.20 bits per heavy atom. The molecule has 13 nitrogen and oxygen atoms in total. The Bertz CT molecular complexity index is 1430. The van der Waals surface area contributed by atoms with Crippen molar-refractivity contribution >= 4 is 40.7 Å². The number of likely N-dealkylation sites (N-methyl/N-ethyl adjacent to an activating group) is 1. The zero-order valence-corrected chi connectivity index (χ0v) is 23.1. The summed E-state index contributed by atoms with van der Waals surface area (Å²) < 4.78 is 0. The van der Waals surface area contributed by atoms with Crippen molar-refractivity contribution in [2.75, 3.05) is 19.8 Å². The topological polar surface area (TPSA) is 225 Å². The third kappa shape index (κ3) is 4.07. The highest BCUT2D eigenvalue weighted by molar-refractivity contribution is 7.99. The molecule has 0 saturated heterocycles. The molecule has 0 unspecified atom stereocenters. The number of Topliss-reactive ketones (excluding diaryl/α,β-unsaturated/α-hetero) is 2. The van der Waals surface area contributed by atoms with Crippen molar-refractivity contribution in [2.45, 2.75) is 54.6 Å². The van der Waals surface area contributed by atoms with Crippen LogP contribution in [0.2, 0.25) is 0 Å². The number of ketones is 2. The Balaban J connectivity index is 1.77. The smallest absolute Gasteiger partial charge is 0.311 e. The van der Waals surface area contributed by atoms with Gasteiger partial charge in [-0.25, -0.2) is 0 Å². The van der Waals surface area contributed by atoms with E-state index in [1.807, 2.05) is 0 Å². The van der Waals surface area contributed by atoms with Crippen LogP contribution in [0.5, 0.6) is 5.75 Å². The second-order valence-corrected chi connectivity index (χ2v) is 12.6. The van der Waals surface area contributed by atoms with Crippen LogP contribution in [-0.2, 0) is 14.4 Å². The summed E-state index contributed by atoms with van der Waals surface area (Å²) in [5, 5.41) is 68.9. The van der Waals surface area contributed by atoms with E-state index < -0.39 is 92.0 Å². The Kier molecular flexibility index (Phi) is 7.17. The van der Waals surface area contributed by atoms with E-state index in [1.165, 1.54) is 25.1 Å². The molecule has 0 bridgehead atoms. The summed E-state index contributed by atoms with van der Waals surface area (Å²) in [6.07, 6.45) is 2.24. The first-order chi connectivity index (χ1) is 19.2. The molecule has 0 radical (unpaired) electrons. The summed E-state index contributed by atoms with van der Waals surface area (Å²) in [6.45, 7) is 0. The molecule has 14 heteroatoms. The van der Waals surface area contributed by atoms with Gasteiger partial charge in [0.15, 0.2) is 11.4 Å². The minimum absolute atomic E-state index is 0.253. The Hall–Kier alpha value is -3.46. The SMILES string of the molecule is CN(C)[C@@H]1C(=O)C(C(N)=O)=C(O)[C@@]2(O)C(=O)C3=C(O)c4c(ccc([N+](=O)[O-])c4O)[C@H](CSC4CCCC4)[C@H]3[C@H](O)[C@@H]12. The zero-order chi connectivity index (χ0) is 30.1. The molecule has 6 atom stereocenters. The number of benzene rings is 1. The summed E-state index contributed by atoms with van der Waals surface area (Å²) in [6, 6.07) is 0.972. The quantitative estimate of drug-likeness (QED) is 0.156. The van der Waals surface area contributed by atoms with E-state index >= 15 is 0 Å². The Morgan fingerprint density at radius 2 is 1.83 bits per heavy atom. The van der Waals surface area contributed by atoms with Crippen LogP contribution in [0.4, 0.5) is 5.69 Å². The average Bonchev–Trinajstić information content (AvgIpc) is 3.41. The number of primary amides is 1. The fourth-order valence-corrected chi connectivity index (χ4v) is 8.60. The van der Waals surface area contributed by atoms with E-state index in [4.69, 9.17) is 5.73 Å². The number of hydrogen-bond donors (Lipinski definition) is 6. The number of hydrogen-bond acceptors (Lipinski definition) is 12.